The zero-order chi connectivity index (χ0) is 18.1. The number of nitrogens with zero attached hydrogens (tertiary/aromatic N) is 1. The molecular formula is C16H21Cl2N3O3. The van der Waals surface area contributed by atoms with Crippen LogP contribution < -0.4 is 15.5 Å². The number of nitrogens with one attached hydrogen (secondary N) is 2. The number of carbonyl (C=O) groups excluding carboxylic acids is 2. The maximum absolute atomic E-state index is 11.6. The summed E-state index contributed by atoms with van der Waals surface area (Å²) in [5.74, 6) is -1.16. The molecule has 0 aliphatic rings. The molecule has 24 heavy (non-hydrogen) atoms. The molecule has 0 saturated heterocycles. The molecule has 0 saturated carbocycles. The number of hydrogen-bond acceptors (Lipinski definition) is 4. The van der Waals surface area contributed by atoms with Gasteiger partial charge in [0, 0.05) is 6.04 Å². The van der Waals surface area contributed by atoms with E-state index >= 15 is 0 Å². The molecule has 6 nitrogen and oxygen atoms in total. The van der Waals surface area contributed by atoms with E-state index in [4.69, 9.17) is 27.9 Å². The van der Waals surface area contributed by atoms with Crippen LogP contribution in [0.25, 0.3) is 0 Å². The second-order valence-corrected chi connectivity index (χ2v) is 5.96. The second kappa shape index (κ2) is 10.2. The average molecular weight is 374 g/mol. The molecule has 132 valence electrons. The van der Waals surface area contributed by atoms with Gasteiger partial charge in [-0.05, 0) is 37.5 Å². The first-order valence-corrected chi connectivity index (χ1v) is 8.40. The Hall–Kier alpha value is -1.79. The van der Waals surface area contributed by atoms with Crippen LogP contribution in [0.2, 0.25) is 10.0 Å². The van der Waals surface area contributed by atoms with Crippen molar-refractivity contribution in [1.82, 2.24) is 10.7 Å². The van der Waals surface area contributed by atoms with Gasteiger partial charge in [0.15, 0.2) is 5.75 Å². The van der Waals surface area contributed by atoms with Gasteiger partial charge in [-0.1, -0.05) is 37.0 Å². The molecule has 0 aliphatic heterocycles. The third-order valence-electron chi connectivity index (χ3n) is 3.05. The summed E-state index contributed by atoms with van der Waals surface area (Å²) in [7, 11) is 0. The number of ether oxygens (including phenoxy) is 1. The molecule has 0 spiro atoms. The van der Waals surface area contributed by atoms with Crippen molar-refractivity contribution in [2.45, 2.75) is 39.7 Å². The minimum absolute atomic E-state index is 0.0829. The summed E-state index contributed by atoms with van der Waals surface area (Å²) >= 11 is 12.2. The summed E-state index contributed by atoms with van der Waals surface area (Å²) in [5, 5.41) is 6.96. The molecule has 0 aromatic heterocycles. The lowest BCUT2D eigenvalue weighted by Gasteiger charge is -2.10. The predicted molar refractivity (Wildman–Crippen MR) is 95.9 cm³/mol. The first-order chi connectivity index (χ1) is 11.4. The predicted octanol–water partition coefficient (Wildman–Crippen LogP) is 3.15. The maximum Gasteiger partial charge on any atom is 0.329 e. The monoisotopic (exact) mass is 373 g/mol. The van der Waals surface area contributed by atoms with Crippen LogP contribution in [-0.2, 0) is 9.59 Å². The fourth-order valence-electron chi connectivity index (χ4n) is 1.60. The van der Waals surface area contributed by atoms with Gasteiger partial charge in [-0.2, -0.15) is 5.10 Å². The van der Waals surface area contributed by atoms with E-state index in [2.05, 4.69) is 15.8 Å². The van der Waals surface area contributed by atoms with Crippen molar-refractivity contribution in [3.05, 3.63) is 27.7 Å². The summed E-state index contributed by atoms with van der Waals surface area (Å²) < 4.78 is 5.46. The van der Waals surface area contributed by atoms with Gasteiger partial charge in [-0.15, -0.1) is 0 Å². The molecular weight excluding hydrogens is 353 g/mol. The molecule has 0 radical (unpaired) electrons. The molecule has 2 amide bonds. The van der Waals surface area contributed by atoms with E-state index < -0.39 is 11.8 Å². The average Bonchev–Trinajstić information content (AvgIpc) is 2.53. The van der Waals surface area contributed by atoms with E-state index in [1.54, 1.807) is 19.1 Å². The summed E-state index contributed by atoms with van der Waals surface area (Å²) in [4.78, 5) is 23.1. The number of rotatable bonds is 7. The topological polar surface area (TPSA) is 79.8 Å². The highest BCUT2D eigenvalue weighted by Gasteiger charge is 2.14. The number of halogens is 2. The molecule has 1 atom stereocenters. The van der Waals surface area contributed by atoms with E-state index in [9.17, 15) is 9.59 Å². The van der Waals surface area contributed by atoms with Crippen LogP contribution in [0, 0.1) is 0 Å². The van der Waals surface area contributed by atoms with Crippen LogP contribution in [-0.4, -0.2) is 30.7 Å². The van der Waals surface area contributed by atoms with E-state index in [0.29, 0.717) is 28.0 Å². The van der Waals surface area contributed by atoms with Gasteiger partial charge in [-0.25, -0.2) is 5.43 Å². The largest absolute Gasteiger partial charge is 0.490 e. The van der Waals surface area contributed by atoms with E-state index in [-0.39, 0.29) is 6.04 Å². The Labute approximate surface area is 151 Å². The van der Waals surface area contributed by atoms with Gasteiger partial charge < -0.3 is 10.1 Å². The van der Waals surface area contributed by atoms with Crippen molar-refractivity contribution in [3.8, 4) is 5.75 Å². The van der Waals surface area contributed by atoms with Gasteiger partial charge in [0.25, 0.3) is 0 Å². The SMILES string of the molecule is CCCOc1c(Cl)cc(/C=N\NC(=O)C(=O)N[C@H](C)CC)cc1Cl. The number of hydrazone groups is 1. The van der Waals surface area contributed by atoms with Gasteiger partial charge in [0.05, 0.1) is 22.9 Å². The fraction of sp³-hybridized carbons (Fsp3) is 0.438. The Morgan fingerprint density at radius 2 is 1.88 bits per heavy atom. The van der Waals surface area contributed by atoms with Crippen molar-refractivity contribution in [2.75, 3.05) is 6.61 Å². The maximum atomic E-state index is 11.6. The lowest BCUT2D eigenvalue weighted by atomic mass is 10.2. The lowest BCUT2D eigenvalue weighted by molar-refractivity contribution is -0.139. The minimum Gasteiger partial charge on any atom is -0.490 e. The van der Waals surface area contributed by atoms with E-state index in [1.165, 1.54) is 6.21 Å². The second-order valence-electron chi connectivity index (χ2n) is 5.14. The normalized spacial score (nSPS) is 12.0. The van der Waals surface area contributed by atoms with Crippen LogP contribution in [0.3, 0.4) is 0 Å². The lowest BCUT2D eigenvalue weighted by Crippen LogP contribution is -2.41. The highest BCUT2D eigenvalue weighted by molar-refractivity contribution is 6.37. The Bertz CT molecular complexity index is 598. The summed E-state index contributed by atoms with van der Waals surface area (Å²) in [5.41, 5.74) is 2.72. The first kappa shape index (κ1) is 20.3. The third-order valence-corrected chi connectivity index (χ3v) is 3.61. The molecule has 0 aliphatic carbocycles. The molecule has 8 heteroatoms. The highest BCUT2D eigenvalue weighted by Crippen LogP contribution is 2.33. The van der Waals surface area contributed by atoms with Crippen molar-refractivity contribution in [1.29, 1.82) is 0 Å². The van der Waals surface area contributed by atoms with Gasteiger partial charge >= 0.3 is 11.8 Å². The van der Waals surface area contributed by atoms with Crippen molar-refractivity contribution in [3.63, 3.8) is 0 Å². The molecule has 1 aromatic rings. The first-order valence-electron chi connectivity index (χ1n) is 7.64. The molecule has 1 aromatic carbocycles. The fourth-order valence-corrected chi connectivity index (χ4v) is 2.22. The smallest absolute Gasteiger partial charge is 0.329 e. The Morgan fingerprint density at radius 3 is 2.42 bits per heavy atom. The van der Waals surface area contributed by atoms with Crippen molar-refractivity contribution < 1.29 is 14.3 Å². The van der Waals surface area contributed by atoms with Crippen molar-refractivity contribution in [2.24, 2.45) is 5.10 Å². The zero-order valence-electron chi connectivity index (χ0n) is 13.9. The van der Waals surface area contributed by atoms with E-state index in [1.807, 2.05) is 13.8 Å². The van der Waals surface area contributed by atoms with Crippen LogP contribution in [0.1, 0.15) is 39.2 Å². The quantitative estimate of drug-likeness (QED) is 0.437. The van der Waals surface area contributed by atoms with Crippen LogP contribution >= 0.6 is 23.2 Å². The van der Waals surface area contributed by atoms with Gasteiger partial charge in [0.1, 0.15) is 0 Å². The van der Waals surface area contributed by atoms with Crippen molar-refractivity contribution >= 4 is 41.2 Å². The summed E-state index contributed by atoms with van der Waals surface area (Å²) in [6, 6.07) is 3.13. The number of benzene rings is 1. The van der Waals surface area contributed by atoms with E-state index in [0.717, 1.165) is 12.8 Å². The molecule has 1 rings (SSSR count). The van der Waals surface area contributed by atoms with Crippen LogP contribution in [0.5, 0.6) is 5.75 Å². The minimum atomic E-state index is -0.841. The Balaban J connectivity index is 2.67. The third kappa shape index (κ3) is 6.37. The molecule has 0 fully saturated rings. The highest BCUT2D eigenvalue weighted by atomic mass is 35.5. The van der Waals surface area contributed by atoms with Gasteiger partial charge in [-0.3, -0.25) is 9.59 Å². The Morgan fingerprint density at radius 1 is 1.25 bits per heavy atom. The zero-order valence-corrected chi connectivity index (χ0v) is 15.4. The summed E-state index contributed by atoms with van der Waals surface area (Å²) in [6.07, 6.45) is 2.90. The number of amides is 2. The Kier molecular flexibility index (Phi) is 8.57. The van der Waals surface area contributed by atoms with Gasteiger partial charge in [0.2, 0.25) is 0 Å². The molecule has 0 heterocycles. The van der Waals surface area contributed by atoms with Crippen LogP contribution in [0.15, 0.2) is 17.2 Å². The number of carbonyl (C=O) groups is 2. The number of hydrogen-bond donors (Lipinski definition) is 2. The van der Waals surface area contributed by atoms with Crippen LogP contribution in [0.4, 0.5) is 0 Å². The molecule has 2 N–H and O–H groups in total. The summed E-state index contributed by atoms with van der Waals surface area (Å²) in [6.45, 7) is 6.19. The molecule has 0 unspecified atom stereocenters. The standard InChI is InChI=1S/C16H21Cl2N3O3/c1-4-6-24-14-12(17)7-11(8-13(14)18)9-19-21-16(23)15(22)20-10(3)5-2/h7-10H,4-6H2,1-3H3,(H,20,22)(H,21,23)/b19-9-/t10-/m1/s1. The molecule has 0 bridgehead atoms.